The highest BCUT2D eigenvalue weighted by molar-refractivity contribution is 7.89. The van der Waals surface area contributed by atoms with Crippen LogP contribution in [0.25, 0.3) is 10.8 Å². The smallest absolute Gasteiger partial charge is 0.336 e. The molecule has 3 aromatic carbocycles. The molecule has 0 radical (unpaired) electrons. The van der Waals surface area contributed by atoms with Crippen molar-refractivity contribution in [2.75, 3.05) is 6.54 Å². The van der Waals surface area contributed by atoms with E-state index >= 15 is 0 Å². The summed E-state index contributed by atoms with van der Waals surface area (Å²) in [6, 6.07) is 19.8. The zero-order valence-corrected chi connectivity index (χ0v) is 20.1. The van der Waals surface area contributed by atoms with Crippen molar-refractivity contribution < 1.29 is 17.9 Å². The maximum atomic E-state index is 13.8. The summed E-state index contributed by atoms with van der Waals surface area (Å²) >= 11 is 0. The average Bonchev–Trinajstić information content (AvgIpc) is 3.31. The Morgan fingerprint density at radius 2 is 1.62 bits per heavy atom. The highest BCUT2D eigenvalue weighted by Crippen LogP contribution is 2.41. The number of sulfonamides is 1. The highest BCUT2D eigenvalue weighted by Gasteiger charge is 2.42. The summed E-state index contributed by atoms with van der Waals surface area (Å²) in [6.45, 7) is 2.05. The van der Waals surface area contributed by atoms with Crippen LogP contribution < -0.4 is 0 Å². The largest absolute Gasteiger partial charge is 0.459 e. The van der Waals surface area contributed by atoms with Gasteiger partial charge in [0, 0.05) is 6.54 Å². The Hall–Kier alpha value is -2.96. The standard InChI is InChI=1S/C28H29NO4S/c1-20-14-16-23(17-15-20)34(31,32)29-19-18-26(28(30)33-22-10-3-2-4-11-22)27(29)25-13-7-9-21-8-5-6-12-24(21)25/h5-9,12-18,22,27H,2-4,10-11,19H2,1H3. The summed E-state index contributed by atoms with van der Waals surface area (Å²) in [7, 11) is -3.85. The van der Waals surface area contributed by atoms with Gasteiger partial charge in [0.15, 0.2) is 0 Å². The molecule has 1 aliphatic heterocycles. The van der Waals surface area contributed by atoms with Gasteiger partial charge in [0.2, 0.25) is 10.0 Å². The minimum atomic E-state index is -3.85. The topological polar surface area (TPSA) is 63.7 Å². The zero-order chi connectivity index (χ0) is 23.7. The quantitative estimate of drug-likeness (QED) is 0.444. The minimum absolute atomic E-state index is 0.0990. The molecule has 6 heteroatoms. The van der Waals surface area contributed by atoms with Crippen molar-refractivity contribution in [1.29, 1.82) is 0 Å². The van der Waals surface area contributed by atoms with Crippen molar-refractivity contribution in [2.45, 2.75) is 56.1 Å². The predicted molar refractivity (Wildman–Crippen MR) is 133 cm³/mol. The summed E-state index contributed by atoms with van der Waals surface area (Å²) in [4.78, 5) is 13.6. The van der Waals surface area contributed by atoms with Gasteiger partial charge in [0.25, 0.3) is 0 Å². The molecule has 5 rings (SSSR count). The lowest BCUT2D eigenvalue weighted by molar-refractivity contribution is -0.146. The molecule has 0 bridgehead atoms. The molecular weight excluding hydrogens is 446 g/mol. The number of esters is 1. The van der Waals surface area contributed by atoms with Crippen LogP contribution in [0.1, 0.15) is 49.3 Å². The van der Waals surface area contributed by atoms with Crippen LogP contribution >= 0.6 is 0 Å². The van der Waals surface area contributed by atoms with Crippen molar-refractivity contribution in [3.63, 3.8) is 0 Å². The maximum Gasteiger partial charge on any atom is 0.336 e. The van der Waals surface area contributed by atoms with E-state index in [-0.39, 0.29) is 17.5 Å². The number of benzene rings is 3. The van der Waals surface area contributed by atoms with Gasteiger partial charge in [-0.15, -0.1) is 0 Å². The number of carbonyl (C=O) groups excluding carboxylic acids is 1. The third-order valence-electron chi connectivity index (χ3n) is 6.88. The molecular formula is C28H29NO4S. The van der Waals surface area contributed by atoms with E-state index in [9.17, 15) is 13.2 Å². The normalized spacial score (nSPS) is 19.8. The molecule has 176 valence electrons. The van der Waals surface area contributed by atoms with Gasteiger partial charge >= 0.3 is 5.97 Å². The van der Waals surface area contributed by atoms with Crippen molar-refractivity contribution in [3.05, 3.63) is 89.5 Å². The van der Waals surface area contributed by atoms with Crippen LogP contribution in [-0.2, 0) is 19.6 Å². The van der Waals surface area contributed by atoms with E-state index in [0.717, 1.165) is 54.0 Å². The van der Waals surface area contributed by atoms with E-state index in [0.29, 0.717) is 5.57 Å². The van der Waals surface area contributed by atoms with E-state index in [4.69, 9.17) is 4.74 Å². The molecule has 1 atom stereocenters. The van der Waals surface area contributed by atoms with Crippen LogP contribution in [0.4, 0.5) is 0 Å². The van der Waals surface area contributed by atoms with Crippen LogP contribution in [0.5, 0.6) is 0 Å². The second-order valence-corrected chi connectivity index (χ2v) is 11.1. The molecule has 0 saturated heterocycles. The molecule has 1 fully saturated rings. The first-order valence-corrected chi connectivity index (χ1v) is 13.4. The van der Waals surface area contributed by atoms with E-state index in [2.05, 4.69) is 0 Å². The lowest BCUT2D eigenvalue weighted by Gasteiger charge is -2.29. The predicted octanol–water partition coefficient (Wildman–Crippen LogP) is 5.70. The fourth-order valence-corrected chi connectivity index (χ4v) is 6.58. The molecule has 1 aliphatic carbocycles. The van der Waals surface area contributed by atoms with Gasteiger partial charge in [-0.05, 0) is 61.1 Å². The summed E-state index contributed by atoms with van der Waals surface area (Å²) in [5.74, 6) is -0.411. The minimum Gasteiger partial charge on any atom is -0.459 e. The van der Waals surface area contributed by atoms with E-state index in [1.165, 1.54) is 4.31 Å². The highest BCUT2D eigenvalue weighted by atomic mass is 32.2. The molecule has 0 amide bonds. The van der Waals surface area contributed by atoms with Crippen molar-refractivity contribution in [3.8, 4) is 0 Å². The molecule has 1 saturated carbocycles. The first kappa shape index (κ1) is 22.8. The van der Waals surface area contributed by atoms with Crippen molar-refractivity contribution in [1.82, 2.24) is 4.31 Å². The Bertz CT molecular complexity index is 1330. The lowest BCUT2D eigenvalue weighted by atomic mass is 9.94. The van der Waals surface area contributed by atoms with Crippen LogP contribution in [-0.4, -0.2) is 31.3 Å². The Kier molecular flexibility index (Phi) is 6.28. The molecule has 0 aromatic heterocycles. The van der Waals surface area contributed by atoms with Gasteiger partial charge in [-0.25, -0.2) is 13.2 Å². The molecule has 1 heterocycles. The number of fused-ring (bicyclic) bond motifs is 1. The Labute approximate surface area is 201 Å². The van der Waals surface area contributed by atoms with Crippen molar-refractivity contribution >= 4 is 26.8 Å². The van der Waals surface area contributed by atoms with Gasteiger partial charge in [-0.2, -0.15) is 4.31 Å². The van der Waals surface area contributed by atoms with Gasteiger partial charge in [-0.3, -0.25) is 0 Å². The van der Waals surface area contributed by atoms with E-state index < -0.39 is 22.0 Å². The summed E-state index contributed by atoms with van der Waals surface area (Å²) < 4.78 is 34.8. The van der Waals surface area contributed by atoms with E-state index in [1.54, 1.807) is 30.3 Å². The maximum absolute atomic E-state index is 13.8. The first-order valence-electron chi connectivity index (χ1n) is 11.9. The van der Waals surface area contributed by atoms with Gasteiger partial charge in [0.1, 0.15) is 6.10 Å². The Morgan fingerprint density at radius 3 is 2.38 bits per heavy atom. The molecule has 0 spiro atoms. The summed E-state index contributed by atoms with van der Waals surface area (Å²) in [5.41, 5.74) is 2.18. The number of rotatable bonds is 5. The van der Waals surface area contributed by atoms with Gasteiger partial charge in [-0.1, -0.05) is 72.7 Å². The van der Waals surface area contributed by atoms with Gasteiger partial charge < -0.3 is 4.74 Å². The second-order valence-electron chi connectivity index (χ2n) is 9.18. The molecule has 0 N–H and O–H groups in total. The summed E-state index contributed by atoms with van der Waals surface area (Å²) in [5, 5.41) is 1.93. The molecule has 3 aromatic rings. The number of hydrogen-bond donors (Lipinski definition) is 0. The number of ether oxygens (including phenoxy) is 1. The third kappa shape index (κ3) is 4.28. The van der Waals surface area contributed by atoms with Crippen LogP contribution in [0, 0.1) is 6.92 Å². The fourth-order valence-electron chi connectivity index (χ4n) is 5.05. The Morgan fingerprint density at radius 1 is 0.912 bits per heavy atom. The lowest BCUT2D eigenvalue weighted by Crippen LogP contribution is -2.34. The average molecular weight is 476 g/mol. The van der Waals surface area contributed by atoms with E-state index in [1.807, 2.05) is 49.4 Å². The van der Waals surface area contributed by atoms with Gasteiger partial charge in [0.05, 0.1) is 16.5 Å². The monoisotopic (exact) mass is 475 g/mol. The van der Waals surface area contributed by atoms with Crippen LogP contribution in [0.3, 0.4) is 0 Å². The zero-order valence-electron chi connectivity index (χ0n) is 19.3. The summed E-state index contributed by atoms with van der Waals surface area (Å²) in [6.07, 6.45) is 6.63. The molecule has 1 unspecified atom stereocenters. The molecule has 2 aliphatic rings. The van der Waals surface area contributed by atoms with Crippen LogP contribution in [0.15, 0.2) is 83.3 Å². The number of nitrogens with zero attached hydrogens (tertiary/aromatic N) is 1. The molecule has 34 heavy (non-hydrogen) atoms. The molecule has 5 nitrogen and oxygen atoms in total. The first-order chi connectivity index (χ1) is 16.4. The Balaban J connectivity index is 1.57. The van der Waals surface area contributed by atoms with Crippen molar-refractivity contribution in [2.24, 2.45) is 0 Å². The fraction of sp³-hybridized carbons (Fsp3) is 0.321. The number of hydrogen-bond acceptors (Lipinski definition) is 4. The second kappa shape index (κ2) is 9.35. The van der Waals surface area contributed by atoms with Crippen LogP contribution in [0.2, 0.25) is 0 Å². The third-order valence-corrected chi connectivity index (χ3v) is 8.73. The number of aryl methyl sites for hydroxylation is 1. The SMILES string of the molecule is Cc1ccc(S(=O)(=O)N2CC=C(C(=O)OC3CCCCC3)C2c2cccc3ccccc23)cc1. The number of carbonyl (C=O) groups is 1.